The topological polar surface area (TPSA) is 96.1 Å². The number of nitro groups is 1. The molecule has 1 saturated heterocycles. The Morgan fingerprint density at radius 1 is 1.57 bits per heavy atom. The molecule has 116 valence electrons. The van der Waals surface area contributed by atoms with Crippen LogP contribution in [-0.2, 0) is 4.74 Å². The average molecular weight is 296 g/mol. The summed E-state index contributed by atoms with van der Waals surface area (Å²) in [5.41, 5.74) is 0.947. The molecule has 0 saturated carbocycles. The van der Waals surface area contributed by atoms with Crippen LogP contribution in [0.4, 0.5) is 11.4 Å². The zero-order valence-corrected chi connectivity index (χ0v) is 12.1. The van der Waals surface area contributed by atoms with Crippen molar-refractivity contribution in [1.29, 1.82) is 0 Å². The summed E-state index contributed by atoms with van der Waals surface area (Å²) < 4.78 is 5.45. The van der Waals surface area contributed by atoms with Crippen molar-refractivity contribution >= 4 is 11.4 Å². The first-order valence-electron chi connectivity index (χ1n) is 6.89. The fraction of sp³-hybridized carbons (Fsp3) is 0.571. The summed E-state index contributed by atoms with van der Waals surface area (Å²) >= 11 is 0. The molecule has 7 heteroatoms. The van der Waals surface area contributed by atoms with Gasteiger partial charge in [0.15, 0.2) is 0 Å². The molecule has 3 unspecified atom stereocenters. The van der Waals surface area contributed by atoms with Crippen molar-refractivity contribution in [2.75, 3.05) is 24.7 Å². The van der Waals surface area contributed by atoms with Crippen LogP contribution >= 0.6 is 0 Å². The van der Waals surface area contributed by atoms with Crippen LogP contribution in [0.1, 0.15) is 25.5 Å². The van der Waals surface area contributed by atoms with Crippen LogP contribution in [0.15, 0.2) is 18.2 Å². The summed E-state index contributed by atoms with van der Waals surface area (Å²) in [6.45, 7) is 4.16. The highest BCUT2D eigenvalue weighted by molar-refractivity contribution is 5.65. The van der Waals surface area contributed by atoms with Crippen LogP contribution in [0.25, 0.3) is 0 Å². The number of hydrogen-bond acceptors (Lipinski definition) is 6. The Morgan fingerprint density at radius 3 is 2.86 bits per heavy atom. The molecule has 1 fully saturated rings. The molecule has 0 spiro atoms. The highest BCUT2D eigenvalue weighted by atomic mass is 16.6. The van der Waals surface area contributed by atoms with Crippen LogP contribution in [0.5, 0.6) is 0 Å². The molecule has 21 heavy (non-hydrogen) atoms. The number of rotatable bonds is 4. The first-order chi connectivity index (χ1) is 9.93. The first kappa shape index (κ1) is 15.7. The minimum Gasteiger partial charge on any atom is -0.394 e. The molecule has 0 radical (unpaired) electrons. The molecule has 1 aliphatic rings. The quantitative estimate of drug-likeness (QED) is 0.641. The van der Waals surface area contributed by atoms with Crippen molar-refractivity contribution in [2.45, 2.75) is 32.1 Å². The van der Waals surface area contributed by atoms with Gasteiger partial charge in [0, 0.05) is 18.7 Å². The maximum absolute atomic E-state index is 11.3. The van der Waals surface area contributed by atoms with E-state index in [1.807, 2.05) is 11.8 Å². The third-order valence-corrected chi connectivity index (χ3v) is 3.70. The lowest BCUT2D eigenvalue weighted by Gasteiger charge is -2.38. The minimum absolute atomic E-state index is 0.0242. The molecule has 1 aromatic carbocycles. The SMILES string of the molecule is CC(O)c1ccc(N2CC(CO)OCC2C)c([N+](=O)[O-])c1. The molecular formula is C14H20N2O5. The predicted molar refractivity (Wildman–Crippen MR) is 77.4 cm³/mol. The van der Waals surface area contributed by atoms with Gasteiger partial charge in [0.1, 0.15) is 5.69 Å². The molecule has 3 atom stereocenters. The monoisotopic (exact) mass is 296 g/mol. The Bertz CT molecular complexity index is 520. The van der Waals surface area contributed by atoms with E-state index in [9.17, 15) is 20.3 Å². The van der Waals surface area contributed by atoms with Gasteiger partial charge in [0.2, 0.25) is 0 Å². The third-order valence-electron chi connectivity index (χ3n) is 3.70. The van der Waals surface area contributed by atoms with Crippen molar-refractivity contribution in [1.82, 2.24) is 0 Å². The van der Waals surface area contributed by atoms with Crippen LogP contribution in [0.3, 0.4) is 0 Å². The molecular weight excluding hydrogens is 276 g/mol. The normalized spacial score (nSPS) is 23.9. The van der Waals surface area contributed by atoms with E-state index in [2.05, 4.69) is 0 Å². The van der Waals surface area contributed by atoms with Crippen molar-refractivity contribution in [3.05, 3.63) is 33.9 Å². The summed E-state index contributed by atoms with van der Waals surface area (Å²) in [7, 11) is 0. The molecule has 1 heterocycles. The van der Waals surface area contributed by atoms with Gasteiger partial charge >= 0.3 is 0 Å². The van der Waals surface area contributed by atoms with E-state index in [1.165, 1.54) is 6.07 Å². The molecule has 2 rings (SSSR count). The van der Waals surface area contributed by atoms with Crippen molar-refractivity contribution in [2.24, 2.45) is 0 Å². The predicted octanol–water partition coefficient (Wildman–Crippen LogP) is 1.23. The largest absolute Gasteiger partial charge is 0.394 e. The van der Waals surface area contributed by atoms with Crippen molar-refractivity contribution in [3.63, 3.8) is 0 Å². The van der Waals surface area contributed by atoms with Crippen LogP contribution in [0, 0.1) is 10.1 Å². The Kier molecular flexibility index (Phi) is 4.76. The van der Waals surface area contributed by atoms with E-state index in [4.69, 9.17) is 4.74 Å². The Labute approximate surface area is 122 Å². The standard InChI is InChI=1S/C14H20N2O5/c1-9-8-21-12(7-17)6-15(9)13-4-3-11(10(2)18)5-14(13)16(19)20/h3-5,9-10,12,17-18H,6-8H2,1-2H3. The number of hydrogen-bond donors (Lipinski definition) is 2. The zero-order valence-electron chi connectivity index (χ0n) is 12.1. The van der Waals surface area contributed by atoms with Crippen molar-refractivity contribution < 1.29 is 19.9 Å². The fourth-order valence-corrected chi connectivity index (χ4v) is 2.45. The summed E-state index contributed by atoms with van der Waals surface area (Å²) in [4.78, 5) is 12.7. The van der Waals surface area contributed by atoms with E-state index in [-0.39, 0.29) is 24.4 Å². The first-order valence-corrected chi connectivity index (χ1v) is 6.89. The van der Waals surface area contributed by atoms with E-state index in [0.717, 1.165) is 0 Å². The number of anilines is 1. The van der Waals surface area contributed by atoms with E-state index in [0.29, 0.717) is 24.4 Å². The fourth-order valence-electron chi connectivity index (χ4n) is 2.45. The van der Waals surface area contributed by atoms with Gasteiger partial charge in [-0.1, -0.05) is 6.07 Å². The van der Waals surface area contributed by atoms with Gasteiger partial charge in [0.05, 0.1) is 30.3 Å². The molecule has 1 aliphatic heterocycles. The number of nitrogens with zero attached hydrogens (tertiary/aromatic N) is 2. The lowest BCUT2D eigenvalue weighted by Crippen LogP contribution is -2.49. The molecule has 0 amide bonds. The summed E-state index contributed by atoms with van der Waals surface area (Å²) in [6, 6.07) is 4.71. The van der Waals surface area contributed by atoms with Crippen LogP contribution in [0.2, 0.25) is 0 Å². The van der Waals surface area contributed by atoms with Gasteiger partial charge in [-0.25, -0.2) is 0 Å². The van der Waals surface area contributed by atoms with E-state index in [1.54, 1.807) is 19.1 Å². The summed E-state index contributed by atoms with van der Waals surface area (Å²) in [5.74, 6) is 0. The van der Waals surface area contributed by atoms with E-state index < -0.39 is 11.0 Å². The number of nitro benzene ring substituents is 1. The lowest BCUT2D eigenvalue weighted by atomic mass is 10.1. The van der Waals surface area contributed by atoms with Gasteiger partial charge in [-0.05, 0) is 25.5 Å². The Morgan fingerprint density at radius 2 is 2.29 bits per heavy atom. The van der Waals surface area contributed by atoms with E-state index >= 15 is 0 Å². The second kappa shape index (κ2) is 6.38. The average Bonchev–Trinajstić information content (AvgIpc) is 2.47. The lowest BCUT2D eigenvalue weighted by molar-refractivity contribution is -0.384. The number of benzene rings is 1. The van der Waals surface area contributed by atoms with Gasteiger partial charge < -0.3 is 19.8 Å². The van der Waals surface area contributed by atoms with Gasteiger partial charge in [-0.3, -0.25) is 10.1 Å². The highest BCUT2D eigenvalue weighted by Crippen LogP contribution is 2.33. The second-order valence-corrected chi connectivity index (χ2v) is 5.32. The summed E-state index contributed by atoms with van der Waals surface area (Å²) in [5, 5.41) is 30.1. The number of aliphatic hydroxyl groups is 2. The van der Waals surface area contributed by atoms with Crippen LogP contribution < -0.4 is 4.90 Å². The molecule has 2 N–H and O–H groups in total. The molecule has 0 aromatic heterocycles. The molecule has 0 bridgehead atoms. The van der Waals surface area contributed by atoms with Gasteiger partial charge in [0.25, 0.3) is 5.69 Å². The Hall–Kier alpha value is -1.70. The third kappa shape index (κ3) is 3.31. The maximum atomic E-state index is 11.3. The molecule has 0 aliphatic carbocycles. The van der Waals surface area contributed by atoms with Crippen LogP contribution in [-0.4, -0.2) is 47.0 Å². The highest BCUT2D eigenvalue weighted by Gasteiger charge is 2.30. The zero-order chi connectivity index (χ0) is 15.6. The second-order valence-electron chi connectivity index (χ2n) is 5.32. The smallest absolute Gasteiger partial charge is 0.292 e. The van der Waals surface area contributed by atoms with Gasteiger partial charge in [-0.15, -0.1) is 0 Å². The van der Waals surface area contributed by atoms with Gasteiger partial charge in [-0.2, -0.15) is 0 Å². The minimum atomic E-state index is -0.759. The molecule has 1 aromatic rings. The number of ether oxygens (including phenoxy) is 1. The van der Waals surface area contributed by atoms with Crippen molar-refractivity contribution in [3.8, 4) is 0 Å². The Balaban J connectivity index is 2.39. The molecule has 7 nitrogen and oxygen atoms in total. The maximum Gasteiger partial charge on any atom is 0.292 e. The number of aliphatic hydroxyl groups excluding tert-OH is 2. The number of morpholine rings is 1. The summed E-state index contributed by atoms with van der Waals surface area (Å²) in [6.07, 6.45) is -1.11.